The number of hydrogen-bond acceptors (Lipinski definition) is 3. The molecule has 2 unspecified atom stereocenters. The second-order valence-corrected chi connectivity index (χ2v) is 12.7. The van der Waals surface area contributed by atoms with Crippen molar-refractivity contribution in [3.05, 3.63) is 23.3 Å². The molecular formula is C28H48O3. The highest BCUT2D eigenvalue weighted by molar-refractivity contribution is 5.26. The van der Waals surface area contributed by atoms with Crippen LogP contribution in [-0.2, 0) is 0 Å². The van der Waals surface area contributed by atoms with Gasteiger partial charge in [0.1, 0.15) is 0 Å². The molecule has 178 valence electrons. The van der Waals surface area contributed by atoms with Crippen LogP contribution >= 0.6 is 0 Å². The van der Waals surface area contributed by atoms with E-state index in [1.54, 1.807) is 5.57 Å². The van der Waals surface area contributed by atoms with Gasteiger partial charge in [-0.25, -0.2) is 0 Å². The highest BCUT2D eigenvalue weighted by Crippen LogP contribution is 2.61. The molecule has 3 aliphatic carbocycles. The summed E-state index contributed by atoms with van der Waals surface area (Å²) < 4.78 is 0. The number of rotatable bonds is 6. The van der Waals surface area contributed by atoms with Crippen LogP contribution in [0.2, 0.25) is 0 Å². The van der Waals surface area contributed by atoms with E-state index < -0.39 is 17.8 Å². The minimum absolute atomic E-state index is 0.222. The molecule has 0 bridgehead atoms. The molecule has 0 saturated heterocycles. The second kappa shape index (κ2) is 9.31. The molecule has 3 fully saturated rings. The molecular weight excluding hydrogens is 384 g/mol. The Balaban J connectivity index is 1.74. The molecule has 0 aromatic carbocycles. The summed E-state index contributed by atoms with van der Waals surface area (Å²) in [6.07, 6.45) is 14.0. The molecule has 3 N–H and O–H groups in total. The van der Waals surface area contributed by atoms with E-state index in [1.165, 1.54) is 37.7 Å². The molecule has 6 atom stereocenters. The fourth-order valence-electron chi connectivity index (χ4n) is 7.03. The van der Waals surface area contributed by atoms with Crippen LogP contribution in [0.5, 0.6) is 0 Å². The quantitative estimate of drug-likeness (QED) is 0.470. The van der Waals surface area contributed by atoms with Crippen molar-refractivity contribution in [1.29, 1.82) is 0 Å². The highest BCUT2D eigenvalue weighted by atomic mass is 16.3. The Labute approximate surface area is 191 Å². The maximum atomic E-state index is 10.3. The van der Waals surface area contributed by atoms with Gasteiger partial charge in [-0.3, -0.25) is 0 Å². The van der Waals surface area contributed by atoms with E-state index >= 15 is 0 Å². The van der Waals surface area contributed by atoms with Crippen molar-refractivity contribution in [2.45, 2.75) is 124 Å². The zero-order valence-electron chi connectivity index (χ0n) is 21.0. The lowest BCUT2D eigenvalue weighted by Crippen LogP contribution is -2.40. The third-order valence-electron chi connectivity index (χ3n) is 9.33. The Morgan fingerprint density at radius 1 is 1.03 bits per heavy atom. The van der Waals surface area contributed by atoms with Crippen LogP contribution in [0.3, 0.4) is 0 Å². The maximum absolute atomic E-state index is 10.3. The van der Waals surface area contributed by atoms with Crippen molar-refractivity contribution in [2.75, 3.05) is 0 Å². The molecule has 0 spiro atoms. The van der Waals surface area contributed by atoms with Gasteiger partial charge in [0.05, 0.1) is 17.8 Å². The lowest BCUT2D eigenvalue weighted by atomic mass is 9.57. The Morgan fingerprint density at radius 2 is 1.68 bits per heavy atom. The molecule has 0 amide bonds. The molecule has 3 heteroatoms. The van der Waals surface area contributed by atoms with Gasteiger partial charge in [-0.2, -0.15) is 0 Å². The van der Waals surface area contributed by atoms with Crippen molar-refractivity contribution in [1.82, 2.24) is 0 Å². The first-order valence-electron chi connectivity index (χ1n) is 12.8. The van der Waals surface area contributed by atoms with E-state index in [0.717, 1.165) is 18.8 Å². The number of aliphatic hydroxyl groups excluding tert-OH is 2. The van der Waals surface area contributed by atoms with E-state index in [1.807, 2.05) is 13.8 Å². The van der Waals surface area contributed by atoms with Gasteiger partial charge in [0, 0.05) is 0 Å². The fourth-order valence-corrected chi connectivity index (χ4v) is 7.03. The van der Waals surface area contributed by atoms with Crippen LogP contribution < -0.4 is 0 Å². The fraction of sp³-hybridized carbons (Fsp3) is 0.857. The van der Waals surface area contributed by atoms with Crippen molar-refractivity contribution >= 4 is 0 Å². The average Bonchev–Trinajstić information content (AvgIpc) is 3.00. The number of fused-ring (bicyclic) bond motifs is 1. The lowest BCUT2D eigenvalue weighted by Gasteiger charge is -2.48. The first kappa shape index (κ1) is 25.0. The Bertz CT molecular complexity index is 671. The van der Waals surface area contributed by atoms with Crippen LogP contribution in [0.15, 0.2) is 23.3 Å². The van der Waals surface area contributed by atoms with Gasteiger partial charge >= 0.3 is 0 Å². The Hall–Kier alpha value is -0.640. The molecule has 0 radical (unpaired) electrons. The van der Waals surface area contributed by atoms with Gasteiger partial charge in [0.25, 0.3) is 0 Å². The molecule has 3 saturated carbocycles. The summed E-state index contributed by atoms with van der Waals surface area (Å²) in [5, 5.41) is 30.3. The molecule has 3 aliphatic rings. The van der Waals surface area contributed by atoms with Crippen LogP contribution in [0.25, 0.3) is 0 Å². The second-order valence-electron chi connectivity index (χ2n) is 12.7. The van der Waals surface area contributed by atoms with Gasteiger partial charge < -0.3 is 15.3 Å². The zero-order valence-corrected chi connectivity index (χ0v) is 21.0. The molecule has 31 heavy (non-hydrogen) atoms. The topological polar surface area (TPSA) is 60.7 Å². The molecule has 3 rings (SSSR count). The summed E-state index contributed by atoms with van der Waals surface area (Å²) in [6, 6.07) is 0. The smallest absolute Gasteiger partial charge is 0.0602 e. The van der Waals surface area contributed by atoms with E-state index in [4.69, 9.17) is 0 Å². The Morgan fingerprint density at radius 3 is 2.29 bits per heavy atom. The van der Waals surface area contributed by atoms with Crippen molar-refractivity contribution in [2.24, 2.45) is 28.6 Å². The molecule has 0 aromatic rings. The number of aliphatic hydroxyl groups is 3. The highest BCUT2D eigenvalue weighted by Gasteiger charge is 2.52. The summed E-state index contributed by atoms with van der Waals surface area (Å²) >= 11 is 0. The van der Waals surface area contributed by atoms with Gasteiger partial charge in [-0.1, -0.05) is 51.0 Å². The lowest BCUT2D eigenvalue weighted by molar-refractivity contribution is 0.0127. The predicted molar refractivity (Wildman–Crippen MR) is 129 cm³/mol. The van der Waals surface area contributed by atoms with Crippen LogP contribution in [-0.4, -0.2) is 33.1 Å². The third kappa shape index (κ3) is 5.84. The zero-order chi connectivity index (χ0) is 23.0. The van der Waals surface area contributed by atoms with Crippen LogP contribution in [0.1, 0.15) is 106 Å². The molecule has 3 nitrogen and oxygen atoms in total. The van der Waals surface area contributed by atoms with E-state index in [2.05, 4.69) is 39.8 Å². The summed E-state index contributed by atoms with van der Waals surface area (Å²) in [5.41, 5.74) is 2.79. The molecule has 0 heterocycles. The van der Waals surface area contributed by atoms with Gasteiger partial charge in [-0.15, -0.1) is 0 Å². The van der Waals surface area contributed by atoms with E-state index in [0.29, 0.717) is 36.5 Å². The van der Waals surface area contributed by atoms with Crippen LogP contribution in [0, 0.1) is 28.6 Å². The third-order valence-corrected chi connectivity index (χ3v) is 9.33. The predicted octanol–water partition coefficient (Wildman–Crippen LogP) is 6.17. The van der Waals surface area contributed by atoms with Crippen LogP contribution in [0.4, 0.5) is 0 Å². The first-order chi connectivity index (χ1) is 14.3. The van der Waals surface area contributed by atoms with Crippen molar-refractivity contribution < 1.29 is 15.3 Å². The average molecular weight is 433 g/mol. The maximum Gasteiger partial charge on any atom is 0.0602 e. The van der Waals surface area contributed by atoms with Gasteiger partial charge in [0.2, 0.25) is 0 Å². The normalized spacial score (nSPS) is 37.1. The summed E-state index contributed by atoms with van der Waals surface area (Å²) in [5.74, 6) is 2.02. The Kier molecular flexibility index (Phi) is 7.51. The standard InChI is InChI=1S/C28H48O3/c1-19(26(2,3)14-15-27(4,5)31)24-11-12-25-21(8-7-13-28(24,25)6)10-9-20-16-22(29)18-23(30)17-20/h9-10,19,22-25,29-31H,7-8,11-18H2,1-6H3/b21-10+/t19-,22-,23-,24?,25?,28-/m1/s1. The summed E-state index contributed by atoms with van der Waals surface area (Å²) in [4.78, 5) is 0. The van der Waals surface area contributed by atoms with Crippen molar-refractivity contribution in [3.8, 4) is 0 Å². The van der Waals surface area contributed by atoms with Crippen molar-refractivity contribution in [3.63, 3.8) is 0 Å². The number of hydrogen-bond donors (Lipinski definition) is 3. The monoisotopic (exact) mass is 432 g/mol. The van der Waals surface area contributed by atoms with Gasteiger partial charge in [-0.05, 0) is 107 Å². The van der Waals surface area contributed by atoms with Gasteiger partial charge in [0.15, 0.2) is 0 Å². The molecule has 0 aromatic heterocycles. The minimum Gasteiger partial charge on any atom is -0.393 e. The number of allylic oxidation sites excluding steroid dienone is 3. The SMILES string of the molecule is C[C@H](C1CCC2/C(=C/C=C3C[C@@H](O)C[C@H](O)C3)CCC[C@@]21C)C(C)(C)CCC(C)(C)O. The minimum atomic E-state index is -0.590. The first-order valence-corrected chi connectivity index (χ1v) is 12.8. The summed E-state index contributed by atoms with van der Waals surface area (Å²) in [7, 11) is 0. The molecule has 0 aliphatic heterocycles. The van der Waals surface area contributed by atoms with E-state index in [-0.39, 0.29) is 5.41 Å². The largest absolute Gasteiger partial charge is 0.393 e. The summed E-state index contributed by atoms with van der Waals surface area (Å²) in [6.45, 7) is 13.7. The van der Waals surface area contributed by atoms with E-state index in [9.17, 15) is 15.3 Å².